The molecule has 80 valence electrons. The third kappa shape index (κ3) is 2.12. The number of esters is 1. The Labute approximate surface area is 89.4 Å². The molecule has 0 bridgehead atoms. The van der Waals surface area contributed by atoms with Crippen LogP contribution in [-0.2, 0) is 16.0 Å². The summed E-state index contributed by atoms with van der Waals surface area (Å²) in [6.07, 6.45) is 1.60. The highest BCUT2D eigenvalue weighted by Gasteiger charge is 2.27. The zero-order chi connectivity index (χ0) is 10.7. The Balaban J connectivity index is 1.98. The molecule has 1 aliphatic rings. The van der Waals surface area contributed by atoms with Crippen molar-refractivity contribution in [2.24, 2.45) is 0 Å². The number of nitrogens with one attached hydrogen (secondary N) is 1. The van der Waals surface area contributed by atoms with Crippen LogP contribution < -0.4 is 5.32 Å². The molecule has 1 atom stereocenters. The van der Waals surface area contributed by atoms with Gasteiger partial charge < -0.3 is 10.1 Å². The summed E-state index contributed by atoms with van der Waals surface area (Å²) in [6.45, 7) is 2.50. The Kier molecular flexibility index (Phi) is 2.90. The van der Waals surface area contributed by atoms with Crippen molar-refractivity contribution < 1.29 is 9.53 Å². The molecule has 0 radical (unpaired) electrons. The summed E-state index contributed by atoms with van der Waals surface area (Å²) in [5.41, 5.74) is 2.24. The van der Waals surface area contributed by atoms with Crippen molar-refractivity contribution in [2.45, 2.75) is 25.8 Å². The molecule has 0 saturated heterocycles. The van der Waals surface area contributed by atoms with E-state index in [1.807, 2.05) is 31.2 Å². The number of carbonyl (C=O) groups is 1. The van der Waals surface area contributed by atoms with E-state index in [2.05, 4.69) is 5.32 Å². The number of anilines is 1. The minimum atomic E-state index is -0.200. The molecule has 1 unspecified atom stereocenters. The zero-order valence-electron chi connectivity index (χ0n) is 8.82. The molecule has 0 fully saturated rings. The van der Waals surface area contributed by atoms with Crippen molar-refractivity contribution >= 4 is 11.7 Å². The fourth-order valence-electron chi connectivity index (χ4n) is 1.74. The first-order valence-electron chi connectivity index (χ1n) is 5.32. The summed E-state index contributed by atoms with van der Waals surface area (Å²) in [5.74, 6) is -0.145. The minimum Gasteiger partial charge on any atom is -0.464 e. The summed E-state index contributed by atoms with van der Waals surface area (Å²) in [7, 11) is 0. The van der Waals surface area contributed by atoms with Gasteiger partial charge in [-0.1, -0.05) is 25.1 Å². The predicted molar refractivity (Wildman–Crippen MR) is 58.8 cm³/mol. The molecule has 0 amide bonds. The molecule has 15 heavy (non-hydrogen) atoms. The van der Waals surface area contributed by atoms with E-state index >= 15 is 0 Å². The SMILES string of the molecule is CCCOC(=O)C1Cc2ccccc2N1. The number of fused-ring (bicyclic) bond motifs is 1. The second-order valence-corrected chi connectivity index (χ2v) is 3.73. The Bertz CT molecular complexity index is 337. The van der Waals surface area contributed by atoms with Crippen LogP contribution in [0.25, 0.3) is 0 Å². The van der Waals surface area contributed by atoms with Crippen molar-refractivity contribution in [3.05, 3.63) is 29.8 Å². The molecular formula is C12H15NO2. The smallest absolute Gasteiger partial charge is 0.328 e. The number of rotatable bonds is 3. The average molecular weight is 205 g/mol. The van der Waals surface area contributed by atoms with Gasteiger partial charge in [0.1, 0.15) is 6.04 Å². The molecule has 0 spiro atoms. The van der Waals surface area contributed by atoms with Crippen LogP contribution in [0.2, 0.25) is 0 Å². The van der Waals surface area contributed by atoms with Crippen molar-refractivity contribution in [2.75, 3.05) is 11.9 Å². The normalized spacial score (nSPS) is 18.1. The lowest BCUT2D eigenvalue weighted by molar-refractivity contribution is -0.144. The van der Waals surface area contributed by atoms with Gasteiger partial charge >= 0.3 is 5.97 Å². The van der Waals surface area contributed by atoms with Gasteiger partial charge in [-0.15, -0.1) is 0 Å². The summed E-state index contributed by atoms with van der Waals surface area (Å²) >= 11 is 0. The highest BCUT2D eigenvalue weighted by molar-refractivity contribution is 5.82. The molecule has 3 nitrogen and oxygen atoms in total. The molecule has 0 aromatic heterocycles. The van der Waals surface area contributed by atoms with Gasteiger partial charge in [-0.25, -0.2) is 4.79 Å². The molecule has 1 aromatic carbocycles. The topological polar surface area (TPSA) is 38.3 Å². The van der Waals surface area contributed by atoms with Crippen LogP contribution in [0.1, 0.15) is 18.9 Å². The summed E-state index contributed by atoms with van der Waals surface area (Å²) < 4.78 is 5.10. The Morgan fingerprint density at radius 1 is 1.53 bits per heavy atom. The monoisotopic (exact) mass is 205 g/mol. The maximum absolute atomic E-state index is 11.6. The summed E-state index contributed by atoms with van der Waals surface area (Å²) in [4.78, 5) is 11.6. The molecule has 1 aromatic rings. The molecule has 1 heterocycles. The average Bonchev–Trinajstić information content (AvgIpc) is 2.69. The van der Waals surface area contributed by atoms with E-state index in [1.165, 1.54) is 5.56 Å². The van der Waals surface area contributed by atoms with Crippen LogP contribution in [0.3, 0.4) is 0 Å². The highest BCUT2D eigenvalue weighted by Crippen LogP contribution is 2.25. The van der Waals surface area contributed by atoms with Crippen LogP contribution in [0.15, 0.2) is 24.3 Å². The lowest BCUT2D eigenvalue weighted by atomic mass is 10.1. The second-order valence-electron chi connectivity index (χ2n) is 3.73. The van der Waals surface area contributed by atoms with Crippen molar-refractivity contribution in [3.8, 4) is 0 Å². The van der Waals surface area contributed by atoms with Gasteiger partial charge in [-0.3, -0.25) is 0 Å². The number of carbonyl (C=O) groups excluding carboxylic acids is 1. The first-order chi connectivity index (χ1) is 7.31. The Morgan fingerprint density at radius 2 is 2.33 bits per heavy atom. The van der Waals surface area contributed by atoms with Crippen molar-refractivity contribution in [1.82, 2.24) is 0 Å². The van der Waals surface area contributed by atoms with E-state index in [1.54, 1.807) is 0 Å². The van der Waals surface area contributed by atoms with Gasteiger partial charge in [0.05, 0.1) is 6.61 Å². The van der Waals surface area contributed by atoms with E-state index in [0.717, 1.165) is 18.5 Å². The minimum absolute atomic E-state index is 0.145. The van der Waals surface area contributed by atoms with Gasteiger partial charge in [0.15, 0.2) is 0 Å². The van der Waals surface area contributed by atoms with E-state index < -0.39 is 0 Å². The summed E-state index contributed by atoms with van der Waals surface area (Å²) in [5, 5.41) is 3.17. The van der Waals surface area contributed by atoms with Crippen molar-refractivity contribution in [3.63, 3.8) is 0 Å². The van der Waals surface area contributed by atoms with Gasteiger partial charge in [-0.05, 0) is 18.1 Å². The first-order valence-corrected chi connectivity index (χ1v) is 5.32. The zero-order valence-corrected chi connectivity index (χ0v) is 8.82. The van der Waals surface area contributed by atoms with Crippen LogP contribution >= 0.6 is 0 Å². The third-order valence-electron chi connectivity index (χ3n) is 2.50. The number of hydrogen-bond donors (Lipinski definition) is 1. The van der Waals surface area contributed by atoms with Crippen LogP contribution in [0.4, 0.5) is 5.69 Å². The molecule has 0 saturated carbocycles. The van der Waals surface area contributed by atoms with Crippen molar-refractivity contribution in [1.29, 1.82) is 0 Å². The first kappa shape index (κ1) is 10.0. The molecular weight excluding hydrogens is 190 g/mol. The van der Waals surface area contributed by atoms with Crippen LogP contribution in [0.5, 0.6) is 0 Å². The van der Waals surface area contributed by atoms with Gasteiger partial charge in [0, 0.05) is 12.1 Å². The maximum atomic E-state index is 11.6. The second kappa shape index (κ2) is 4.34. The largest absolute Gasteiger partial charge is 0.464 e. The molecule has 1 aliphatic heterocycles. The maximum Gasteiger partial charge on any atom is 0.328 e. The van der Waals surface area contributed by atoms with Gasteiger partial charge in [-0.2, -0.15) is 0 Å². The Morgan fingerprint density at radius 3 is 3.07 bits per heavy atom. The number of hydrogen-bond acceptors (Lipinski definition) is 3. The number of para-hydroxylation sites is 1. The van der Waals surface area contributed by atoms with E-state index in [-0.39, 0.29) is 12.0 Å². The number of ether oxygens (including phenoxy) is 1. The quantitative estimate of drug-likeness (QED) is 0.767. The predicted octanol–water partition coefficient (Wildman–Crippen LogP) is 1.98. The lowest BCUT2D eigenvalue weighted by Gasteiger charge is -2.10. The summed E-state index contributed by atoms with van der Waals surface area (Å²) in [6, 6.07) is 7.78. The molecule has 3 heteroatoms. The van der Waals surface area contributed by atoms with E-state index in [9.17, 15) is 4.79 Å². The van der Waals surface area contributed by atoms with Crippen LogP contribution in [0, 0.1) is 0 Å². The van der Waals surface area contributed by atoms with Crippen LogP contribution in [-0.4, -0.2) is 18.6 Å². The highest BCUT2D eigenvalue weighted by atomic mass is 16.5. The standard InChI is InChI=1S/C12H15NO2/c1-2-7-15-12(14)11-8-9-5-3-4-6-10(9)13-11/h3-6,11,13H,2,7-8H2,1H3. The molecule has 2 rings (SSSR count). The fourth-order valence-corrected chi connectivity index (χ4v) is 1.74. The van der Waals surface area contributed by atoms with E-state index in [0.29, 0.717) is 6.61 Å². The fraction of sp³-hybridized carbons (Fsp3) is 0.417. The third-order valence-corrected chi connectivity index (χ3v) is 2.50. The number of benzene rings is 1. The van der Waals surface area contributed by atoms with Gasteiger partial charge in [0.25, 0.3) is 0 Å². The Hall–Kier alpha value is -1.51. The molecule has 0 aliphatic carbocycles. The lowest BCUT2D eigenvalue weighted by Crippen LogP contribution is -2.29. The van der Waals surface area contributed by atoms with Gasteiger partial charge in [0.2, 0.25) is 0 Å². The van der Waals surface area contributed by atoms with E-state index in [4.69, 9.17) is 4.74 Å². The molecule has 1 N–H and O–H groups in total.